The topological polar surface area (TPSA) is 9.23 Å². The van der Waals surface area contributed by atoms with Gasteiger partial charge >= 0.3 is 0 Å². The second-order valence-corrected chi connectivity index (χ2v) is 4.00. The van der Waals surface area contributed by atoms with Crippen LogP contribution < -0.4 is 0 Å². The fourth-order valence-corrected chi connectivity index (χ4v) is 1.86. The smallest absolute Gasteiger partial charge is 0.0923 e. The highest BCUT2D eigenvalue weighted by Crippen LogP contribution is 2.15. The molecule has 0 fully saturated rings. The predicted octanol–water partition coefficient (Wildman–Crippen LogP) is 3.70. The molecule has 0 radical (unpaired) electrons. The summed E-state index contributed by atoms with van der Waals surface area (Å²) in [5, 5.41) is 0. The van der Waals surface area contributed by atoms with E-state index in [9.17, 15) is 0 Å². The van der Waals surface area contributed by atoms with Crippen molar-refractivity contribution in [3.63, 3.8) is 0 Å². The Morgan fingerprint density at radius 1 is 1.00 bits per heavy atom. The van der Waals surface area contributed by atoms with Gasteiger partial charge in [-0.05, 0) is 37.3 Å². The minimum atomic E-state index is 0.903. The summed E-state index contributed by atoms with van der Waals surface area (Å²) >= 11 is 0. The van der Waals surface area contributed by atoms with Crippen molar-refractivity contribution in [1.29, 1.82) is 0 Å². The molecule has 0 saturated heterocycles. The van der Waals surface area contributed by atoms with Crippen LogP contribution in [0.15, 0.2) is 42.2 Å². The maximum Gasteiger partial charge on any atom is 0.0923 e. The van der Waals surface area contributed by atoms with Crippen molar-refractivity contribution < 1.29 is 4.74 Å². The van der Waals surface area contributed by atoms with Crippen molar-refractivity contribution in [2.24, 2.45) is 0 Å². The first-order valence-electron chi connectivity index (χ1n) is 5.81. The van der Waals surface area contributed by atoms with Crippen molar-refractivity contribution in [3.8, 4) is 0 Å². The molecule has 1 aliphatic rings. The summed E-state index contributed by atoms with van der Waals surface area (Å²) < 4.78 is 5.69. The molecule has 1 aromatic rings. The van der Waals surface area contributed by atoms with E-state index in [0.29, 0.717) is 0 Å². The van der Waals surface area contributed by atoms with Crippen LogP contribution in [0.4, 0.5) is 0 Å². The summed E-state index contributed by atoms with van der Waals surface area (Å²) in [6.07, 6.45) is 8.05. The molecule has 1 aliphatic heterocycles. The van der Waals surface area contributed by atoms with Gasteiger partial charge in [0.1, 0.15) is 0 Å². The van der Waals surface area contributed by atoms with Gasteiger partial charge in [0.25, 0.3) is 0 Å². The summed E-state index contributed by atoms with van der Waals surface area (Å²) in [6, 6.07) is 10.6. The van der Waals surface area contributed by atoms with Gasteiger partial charge in [-0.15, -0.1) is 0 Å². The van der Waals surface area contributed by atoms with E-state index in [1.54, 1.807) is 0 Å². The van der Waals surface area contributed by atoms with Gasteiger partial charge in [0.05, 0.1) is 12.4 Å². The van der Waals surface area contributed by atoms with Crippen LogP contribution in [0.5, 0.6) is 0 Å². The standard InChI is InChI=1S/C14H18O/c1-3-7-13(8-4-1)10-11-14-9-5-2-6-12-15-14/h1,3-4,7-9H,2,5-6,10-12H2. The van der Waals surface area contributed by atoms with Gasteiger partial charge < -0.3 is 4.74 Å². The van der Waals surface area contributed by atoms with Crippen LogP contribution in [0, 0.1) is 0 Å². The third-order valence-corrected chi connectivity index (χ3v) is 2.76. The van der Waals surface area contributed by atoms with E-state index in [-0.39, 0.29) is 0 Å². The number of aryl methyl sites for hydroxylation is 1. The fraction of sp³-hybridized carbons (Fsp3) is 0.429. The third kappa shape index (κ3) is 3.43. The van der Waals surface area contributed by atoms with Crippen LogP contribution in [-0.2, 0) is 11.2 Å². The third-order valence-electron chi connectivity index (χ3n) is 2.76. The van der Waals surface area contributed by atoms with Gasteiger partial charge in [0.2, 0.25) is 0 Å². The van der Waals surface area contributed by atoms with Crippen LogP contribution in [0.2, 0.25) is 0 Å². The van der Waals surface area contributed by atoms with E-state index in [2.05, 4.69) is 36.4 Å². The molecule has 80 valence electrons. The molecule has 1 nitrogen and oxygen atoms in total. The number of rotatable bonds is 3. The lowest BCUT2D eigenvalue weighted by molar-refractivity contribution is 0.204. The lowest BCUT2D eigenvalue weighted by Crippen LogP contribution is -1.94. The van der Waals surface area contributed by atoms with Crippen molar-refractivity contribution in [3.05, 3.63) is 47.7 Å². The molecular weight excluding hydrogens is 184 g/mol. The quantitative estimate of drug-likeness (QED) is 0.726. The largest absolute Gasteiger partial charge is 0.498 e. The molecule has 0 unspecified atom stereocenters. The number of benzene rings is 1. The fourth-order valence-electron chi connectivity index (χ4n) is 1.86. The monoisotopic (exact) mass is 202 g/mol. The van der Waals surface area contributed by atoms with Gasteiger partial charge in [-0.1, -0.05) is 30.3 Å². The first-order chi connectivity index (χ1) is 7.45. The minimum absolute atomic E-state index is 0.903. The van der Waals surface area contributed by atoms with E-state index in [0.717, 1.165) is 19.4 Å². The Labute approximate surface area is 91.8 Å². The predicted molar refractivity (Wildman–Crippen MR) is 62.6 cm³/mol. The SMILES string of the molecule is C1=C(CCc2ccccc2)OCCCC1. The molecule has 1 heteroatoms. The highest BCUT2D eigenvalue weighted by Gasteiger charge is 2.03. The van der Waals surface area contributed by atoms with Crippen LogP contribution in [-0.4, -0.2) is 6.61 Å². The Bertz CT molecular complexity index is 313. The van der Waals surface area contributed by atoms with E-state index < -0.39 is 0 Å². The summed E-state index contributed by atoms with van der Waals surface area (Å²) in [6.45, 7) is 0.903. The lowest BCUT2D eigenvalue weighted by atomic mass is 10.1. The summed E-state index contributed by atoms with van der Waals surface area (Å²) in [5.41, 5.74) is 1.39. The van der Waals surface area contributed by atoms with Gasteiger partial charge in [-0.2, -0.15) is 0 Å². The van der Waals surface area contributed by atoms with Crippen LogP contribution in [0.25, 0.3) is 0 Å². The molecule has 15 heavy (non-hydrogen) atoms. The number of hydrogen-bond donors (Lipinski definition) is 0. The van der Waals surface area contributed by atoms with Crippen molar-refractivity contribution in [1.82, 2.24) is 0 Å². The number of hydrogen-bond acceptors (Lipinski definition) is 1. The van der Waals surface area contributed by atoms with Crippen molar-refractivity contribution in [2.45, 2.75) is 32.1 Å². The molecular formula is C14H18O. The zero-order valence-electron chi connectivity index (χ0n) is 9.11. The van der Waals surface area contributed by atoms with Crippen LogP contribution in [0.3, 0.4) is 0 Å². The van der Waals surface area contributed by atoms with E-state index in [4.69, 9.17) is 4.74 Å². The molecule has 0 amide bonds. The lowest BCUT2D eigenvalue weighted by Gasteiger charge is -2.07. The van der Waals surface area contributed by atoms with Gasteiger partial charge in [0.15, 0.2) is 0 Å². The van der Waals surface area contributed by atoms with E-state index in [1.807, 2.05) is 0 Å². The molecule has 0 spiro atoms. The second-order valence-electron chi connectivity index (χ2n) is 4.00. The first-order valence-corrected chi connectivity index (χ1v) is 5.81. The highest BCUT2D eigenvalue weighted by molar-refractivity contribution is 5.15. The molecule has 2 rings (SSSR count). The second kappa shape index (κ2) is 5.59. The van der Waals surface area contributed by atoms with E-state index in [1.165, 1.54) is 30.6 Å². The highest BCUT2D eigenvalue weighted by atomic mass is 16.5. The van der Waals surface area contributed by atoms with Gasteiger partial charge in [-0.3, -0.25) is 0 Å². The van der Waals surface area contributed by atoms with Crippen LogP contribution in [0.1, 0.15) is 31.2 Å². The average molecular weight is 202 g/mol. The summed E-state index contributed by atoms with van der Waals surface area (Å²) in [7, 11) is 0. The van der Waals surface area contributed by atoms with Crippen molar-refractivity contribution >= 4 is 0 Å². The van der Waals surface area contributed by atoms with E-state index >= 15 is 0 Å². The molecule has 0 bridgehead atoms. The molecule has 0 aromatic heterocycles. The molecule has 1 heterocycles. The molecule has 1 aromatic carbocycles. The van der Waals surface area contributed by atoms with Crippen LogP contribution >= 0.6 is 0 Å². The Morgan fingerprint density at radius 2 is 1.87 bits per heavy atom. The maximum atomic E-state index is 5.69. The zero-order valence-corrected chi connectivity index (χ0v) is 9.11. The zero-order chi connectivity index (χ0) is 10.3. The van der Waals surface area contributed by atoms with Crippen molar-refractivity contribution in [2.75, 3.05) is 6.61 Å². The Hall–Kier alpha value is -1.24. The molecule has 0 N–H and O–H groups in total. The Balaban J connectivity index is 1.84. The maximum absolute atomic E-state index is 5.69. The van der Waals surface area contributed by atoms with Gasteiger partial charge in [0, 0.05) is 6.42 Å². The number of ether oxygens (including phenoxy) is 1. The molecule has 0 atom stereocenters. The first kappa shape index (κ1) is 10.3. The summed E-state index contributed by atoms with van der Waals surface area (Å²) in [4.78, 5) is 0. The minimum Gasteiger partial charge on any atom is -0.498 e. The summed E-state index contributed by atoms with van der Waals surface area (Å²) in [5.74, 6) is 1.19. The van der Waals surface area contributed by atoms with Gasteiger partial charge in [-0.25, -0.2) is 0 Å². The molecule has 0 saturated carbocycles. The number of allylic oxidation sites excluding steroid dienone is 2. The normalized spacial score (nSPS) is 16.4. The molecule has 0 aliphatic carbocycles. The Kier molecular flexibility index (Phi) is 3.84. The average Bonchev–Trinajstić information content (AvgIpc) is 2.56. The Morgan fingerprint density at radius 3 is 2.73 bits per heavy atom.